The molecule has 1 amide bonds. The predicted octanol–water partition coefficient (Wildman–Crippen LogP) is 3.98. The van der Waals surface area contributed by atoms with Crippen molar-refractivity contribution in [3.63, 3.8) is 0 Å². The number of carbonyl (C=O) groups excluding carboxylic acids is 1. The zero-order valence-electron chi connectivity index (χ0n) is 14.1. The molecule has 7 heteroatoms. The van der Waals surface area contributed by atoms with Crippen molar-refractivity contribution in [1.82, 2.24) is 0 Å². The average Bonchev–Trinajstić information content (AvgIpc) is 2.50. The van der Waals surface area contributed by atoms with E-state index in [0.717, 1.165) is 22.9 Å². The van der Waals surface area contributed by atoms with Gasteiger partial charge in [-0.3, -0.25) is 9.52 Å². The summed E-state index contributed by atoms with van der Waals surface area (Å²) in [5.74, 6) is -0.328. The molecular formula is C18H19ClN2O3S. The fourth-order valence-electron chi connectivity index (χ4n) is 2.08. The number of nitrogens with one attached hydrogen (secondary N) is 2. The van der Waals surface area contributed by atoms with Crippen molar-refractivity contribution < 1.29 is 13.2 Å². The molecule has 0 aliphatic rings. The van der Waals surface area contributed by atoms with Crippen molar-refractivity contribution in [3.8, 4) is 0 Å². The molecule has 2 rings (SSSR count). The highest BCUT2D eigenvalue weighted by atomic mass is 35.5. The fourth-order valence-corrected chi connectivity index (χ4v) is 2.89. The molecule has 2 aromatic rings. The highest BCUT2D eigenvalue weighted by Gasteiger charge is 2.07. The monoisotopic (exact) mass is 378 g/mol. The Morgan fingerprint density at radius 1 is 1.08 bits per heavy atom. The SMILES string of the molecule is Cc1ccc(/C=C/C(=O)Nc2ccc(C)c(NS(C)(=O)=O)c2)cc1Cl. The van der Waals surface area contributed by atoms with E-state index in [0.29, 0.717) is 16.4 Å². The van der Waals surface area contributed by atoms with Gasteiger partial charge < -0.3 is 5.32 Å². The van der Waals surface area contributed by atoms with E-state index in [1.165, 1.54) is 6.08 Å². The zero-order valence-corrected chi connectivity index (χ0v) is 15.7. The first-order chi connectivity index (χ1) is 11.6. The molecular weight excluding hydrogens is 360 g/mol. The third kappa shape index (κ3) is 5.92. The molecule has 0 saturated heterocycles. The van der Waals surface area contributed by atoms with E-state index < -0.39 is 10.0 Å². The quantitative estimate of drug-likeness (QED) is 0.772. The summed E-state index contributed by atoms with van der Waals surface area (Å²) in [6.07, 6.45) is 4.13. The Labute approximate surface area is 152 Å². The lowest BCUT2D eigenvalue weighted by Crippen LogP contribution is -2.12. The minimum atomic E-state index is -3.39. The van der Waals surface area contributed by atoms with Crippen molar-refractivity contribution in [3.05, 3.63) is 64.2 Å². The summed E-state index contributed by atoms with van der Waals surface area (Å²) in [6, 6.07) is 10.5. The lowest BCUT2D eigenvalue weighted by atomic mass is 10.1. The molecule has 0 fully saturated rings. The molecule has 0 spiro atoms. The molecule has 25 heavy (non-hydrogen) atoms. The maximum atomic E-state index is 12.0. The molecule has 0 bridgehead atoms. The van der Waals surface area contributed by atoms with Crippen molar-refractivity contribution in [2.75, 3.05) is 16.3 Å². The van der Waals surface area contributed by atoms with Crippen molar-refractivity contribution in [1.29, 1.82) is 0 Å². The van der Waals surface area contributed by atoms with Crippen LogP contribution in [-0.2, 0) is 14.8 Å². The van der Waals surface area contributed by atoms with Gasteiger partial charge in [-0.2, -0.15) is 0 Å². The van der Waals surface area contributed by atoms with Crippen LogP contribution < -0.4 is 10.0 Å². The number of halogens is 1. The molecule has 0 aliphatic heterocycles. The summed E-state index contributed by atoms with van der Waals surface area (Å²) in [5, 5.41) is 3.33. The van der Waals surface area contributed by atoms with Gasteiger partial charge in [-0.25, -0.2) is 8.42 Å². The summed E-state index contributed by atoms with van der Waals surface area (Å²) in [7, 11) is -3.39. The van der Waals surface area contributed by atoms with Gasteiger partial charge in [0.2, 0.25) is 15.9 Å². The fraction of sp³-hybridized carbons (Fsp3) is 0.167. The molecule has 0 atom stereocenters. The predicted molar refractivity (Wildman–Crippen MR) is 103 cm³/mol. The maximum absolute atomic E-state index is 12.0. The van der Waals surface area contributed by atoms with Gasteiger partial charge in [0.05, 0.1) is 11.9 Å². The number of carbonyl (C=O) groups is 1. The lowest BCUT2D eigenvalue weighted by molar-refractivity contribution is -0.111. The van der Waals surface area contributed by atoms with Gasteiger partial charge in [-0.15, -0.1) is 0 Å². The molecule has 0 aromatic heterocycles. The van der Waals surface area contributed by atoms with Crippen LogP contribution in [0.5, 0.6) is 0 Å². The molecule has 132 valence electrons. The minimum absolute atomic E-state index is 0.328. The summed E-state index contributed by atoms with van der Waals surface area (Å²) in [6.45, 7) is 3.68. The van der Waals surface area contributed by atoms with Crippen molar-refractivity contribution >= 4 is 45.0 Å². The van der Waals surface area contributed by atoms with Crippen molar-refractivity contribution in [2.24, 2.45) is 0 Å². The van der Waals surface area contributed by atoms with E-state index >= 15 is 0 Å². The van der Waals surface area contributed by atoms with Crippen LogP contribution in [0.4, 0.5) is 11.4 Å². The van der Waals surface area contributed by atoms with Gasteiger partial charge in [0.25, 0.3) is 0 Å². The Hall–Kier alpha value is -2.31. The third-order valence-corrected chi connectivity index (χ3v) is 4.42. The second kappa shape index (κ2) is 7.72. The third-order valence-electron chi connectivity index (χ3n) is 3.42. The summed E-state index contributed by atoms with van der Waals surface area (Å²) < 4.78 is 25.2. The highest BCUT2D eigenvalue weighted by Crippen LogP contribution is 2.21. The molecule has 2 aromatic carbocycles. The van der Waals surface area contributed by atoms with Crippen LogP contribution in [0.2, 0.25) is 5.02 Å². The number of benzene rings is 2. The number of hydrogen-bond acceptors (Lipinski definition) is 3. The van der Waals surface area contributed by atoms with Crippen LogP contribution >= 0.6 is 11.6 Å². The van der Waals surface area contributed by atoms with Crippen LogP contribution in [0.1, 0.15) is 16.7 Å². The van der Waals surface area contributed by atoms with E-state index in [-0.39, 0.29) is 5.91 Å². The average molecular weight is 379 g/mol. The van der Waals surface area contributed by atoms with Crippen molar-refractivity contribution in [2.45, 2.75) is 13.8 Å². The summed E-state index contributed by atoms with van der Waals surface area (Å²) in [5.41, 5.74) is 3.46. The number of rotatable bonds is 5. The molecule has 5 nitrogen and oxygen atoms in total. The van der Waals surface area contributed by atoms with Gasteiger partial charge in [-0.1, -0.05) is 29.8 Å². The van der Waals surface area contributed by atoms with Gasteiger partial charge >= 0.3 is 0 Å². The van der Waals surface area contributed by atoms with Crippen LogP contribution in [0.25, 0.3) is 6.08 Å². The largest absolute Gasteiger partial charge is 0.322 e. The first kappa shape index (κ1) is 19.0. The molecule has 0 radical (unpaired) electrons. The Balaban J connectivity index is 2.11. The van der Waals surface area contributed by atoms with Crippen LogP contribution in [-0.4, -0.2) is 20.6 Å². The Morgan fingerprint density at radius 3 is 2.40 bits per heavy atom. The highest BCUT2D eigenvalue weighted by molar-refractivity contribution is 7.92. The maximum Gasteiger partial charge on any atom is 0.248 e. The number of hydrogen-bond donors (Lipinski definition) is 2. The smallest absolute Gasteiger partial charge is 0.248 e. The molecule has 0 aliphatic carbocycles. The Kier molecular flexibility index (Phi) is 5.87. The van der Waals surface area contributed by atoms with Crippen LogP contribution in [0.15, 0.2) is 42.5 Å². The van der Waals surface area contributed by atoms with Gasteiger partial charge in [0.1, 0.15) is 0 Å². The van der Waals surface area contributed by atoms with E-state index in [4.69, 9.17) is 11.6 Å². The molecule has 2 N–H and O–H groups in total. The molecule has 0 saturated carbocycles. The van der Waals surface area contributed by atoms with Gasteiger partial charge in [0.15, 0.2) is 0 Å². The van der Waals surface area contributed by atoms with Gasteiger partial charge in [0, 0.05) is 16.8 Å². The standard InChI is InChI=1S/C18H19ClN2O3S/c1-12-4-6-14(10-16(12)19)7-9-18(22)20-15-8-5-13(2)17(11-15)21-25(3,23)24/h4-11,21H,1-3H3,(H,20,22)/b9-7+. The number of anilines is 2. The number of sulfonamides is 1. The van der Waals surface area contributed by atoms with Crippen LogP contribution in [0, 0.1) is 13.8 Å². The topological polar surface area (TPSA) is 75.3 Å². The lowest BCUT2D eigenvalue weighted by Gasteiger charge is -2.10. The number of amides is 1. The normalized spacial score (nSPS) is 11.5. The molecule has 0 heterocycles. The van der Waals surface area contributed by atoms with Gasteiger partial charge in [-0.05, 0) is 54.8 Å². The second-order valence-corrected chi connectivity index (χ2v) is 7.89. The first-order valence-electron chi connectivity index (χ1n) is 7.48. The second-order valence-electron chi connectivity index (χ2n) is 5.74. The summed E-state index contributed by atoms with van der Waals surface area (Å²) >= 11 is 6.05. The minimum Gasteiger partial charge on any atom is -0.322 e. The summed E-state index contributed by atoms with van der Waals surface area (Å²) in [4.78, 5) is 12.0. The first-order valence-corrected chi connectivity index (χ1v) is 9.74. The van der Waals surface area contributed by atoms with Crippen LogP contribution in [0.3, 0.4) is 0 Å². The van der Waals surface area contributed by atoms with E-state index in [1.54, 1.807) is 37.3 Å². The Bertz CT molecular complexity index is 937. The van der Waals surface area contributed by atoms with E-state index in [2.05, 4.69) is 10.0 Å². The van der Waals surface area contributed by atoms with E-state index in [1.807, 2.05) is 19.1 Å². The zero-order chi connectivity index (χ0) is 18.6. The van der Waals surface area contributed by atoms with E-state index in [9.17, 15) is 13.2 Å². The molecule has 0 unspecified atom stereocenters. The Morgan fingerprint density at radius 2 is 1.76 bits per heavy atom. The number of aryl methyl sites for hydroxylation is 2.